The zero-order valence-corrected chi connectivity index (χ0v) is 18.8. The molecule has 0 bridgehead atoms. The summed E-state index contributed by atoms with van der Waals surface area (Å²) in [5.41, 5.74) is 9.99. The SMILES string of the molecule is CCCC[C@@H]1NC[C@H](C(=O)C2(N3C[C@H](C(N)=O)NC[C@@H]3CCCNC(N)=O)CC2)NC1=O. The lowest BCUT2D eigenvalue weighted by Crippen LogP contribution is -2.68. The average Bonchev–Trinajstić information content (AvgIpc) is 3.57. The molecule has 1 aliphatic carbocycles. The van der Waals surface area contributed by atoms with E-state index in [4.69, 9.17) is 11.5 Å². The second-order valence-electron chi connectivity index (χ2n) is 9.16. The van der Waals surface area contributed by atoms with Crippen molar-refractivity contribution >= 4 is 23.6 Å². The van der Waals surface area contributed by atoms with E-state index in [1.165, 1.54) is 0 Å². The van der Waals surface area contributed by atoms with Crippen LogP contribution in [-0.2, 0) is 14.4 Å². The molecule has 8 N–H and O–H groups in total. The molecule has 0 aromatic rings. The third-order valence-corrected chi connectivity index (χ3v) is 6.87. The van der Waals surface area contributed by atoms with Gasteiger partial charge in [-0.1, -0.05) is 19.8 Å². The molecule has 0 aromatic carbocycles. The number of urea groups is 1. The lowest BCUT2D eigenvalue weighted by Gasteiger charge is -2.45. The topological polar surface area (TPSA) is 172 Å². The predicted octanol–water partition coefficient (Wildman–Crippen LogP) is -1.69. The van der Waals surface area contributed by atoms with Crippen molar-refractivity contribution in [3.63, 3.8) is 0 Å². The fraction of sp³-hybridized carbons (Fsp3) is 0.810. The molecule has 4 amide bonds. The molecule has 2 heterocycles. The molecule has 3 aliphatic rings. The monoisotopic (exact) mass is 451 g/mol. The number of carbonyl (C=O) groups is 4. The average molecular weight is 452 g/mol. The first-order valence-electron chi connectivity index (χ1n) is 11.7. The Kier molecular flexibility index (Phi) is 8.07. The quantitative estimate of drug-likeness (QED) is 0.203. The summed E-state index contributed by atoms with van der Waals surface area (Å²) >= 11 is 0. The number of carbonyl (C=O) groups excluding carboxylic acids is 4. The van der Waals surface area contributed by atoms with Gasteiger partial charge < -0.3 is 32.7 Å². The van der Waals surface area contributed by atoms with E-state index in [0.717, 1.165) is 25.7 Å². The van der Waals surface area contributed by atoms with Crippen molar-refractivity contribution in [2.75, 3.05) is 26.2 Å². The summed E-state index contributed by atoms with van der Waals surface area (Å²) in [5, 5.41) is 11.9. The summed E-state index contributed by atoms with van der Waals surface area (Å²) in [4.78, 5) is 51.0. The number of hydrogen-bond donors (Lipinski definition) is 6. The third-order valence-electron chi connectivity index (χ3n) is 6.87. The van der Waals surface area contributed by atoms with Crippen LogP contribution in [0.25, 0.3) is 0 Å². The first-order chi connectivity index (χ1) is 15.3. The van der Waals surface area contributed by atoms with Crippen molar-refractivity contribution in [1.29, 1.82) is 0 Å². The number of nitrogens with zero attached hydrogens (tertiary/aromatic N) is 1. The minimum atomic E-state index is -0.687. The van der Waals surface area contributed by atoms with Crippen molar-refractivity contribution in [3.05, 3.63) is 0 Å². The Morgan fingerprint density at radius 3 is 2.44 bits per heavy atom. The van der Waals surface area contributed by atoms with Crippen LogP contribution in [0.4, 0.5) is 4.79 Å². The molecule has 0 spiro atoms. The first kappa shape index (κ1) is 24.4. The molecule has 3 fully saturated rings. The van der Waals surface area contributed by atoms with Crippen molar-refractivity contribution in [3.8, 4) is 0 Å². The van der Waals surface area contributed by atoms with E-state index in [0.29, 0.717) is 45.4 Å². The van der Waals surface area contributed by atoms with Gasteiger partial charge in [0, 0.05) is 32.2 Å². The van der Waals surface area contributed by atoms with Crippen LogP contribution in [0.2, 0.25) is 0 Å². The number of nitrogens with two attached hydrogens (primary N) is 2. The summed E-state index contributed by atoms with van der Waals surface area (Å²) < 4.78 is 0. The Balaban J connectivity index is 1.67. The maximum Gasteiger partial charge on any atom is 0.312 e. The van der Waals surface area contributed by atoms with Crippen LogP contribution < -0.4 is 32.7 Å². The Bertz CT molecular complexity index is 727. The molecule has 11 heteroatoms. The van der Waals surface area contributed by atoms with E-state index in [1.807, 2.05) is 0 Å². The number of piperazine rings is 2. The Hall–Kier alpha value is -2.24. The van der Waals surface area contributed by atoms with Gasteiger partial charge >= 0.3 is 6.03 Å². The van der Waals surface area contributed by atoms with E-state index in [-0.39, 0.29) is 23.8 Å². The maximum absolute atomic E-state index is 13.6. The summed E-state index contributed by atoms with van der Waals surface area (Å²) in [6.07, 6.45) is 5.53. The van der Waals surface area contributed by atoms with Gasteiger partial charge in [0.25, 0.3) is 0 Å². The van der Waals surface area contributed by atoms with Crippen LogP contribution in [0.3, 0.4) is 0 Å². The summed E-state index contributed by atoms with van der Waals surface area (Å²) in [6.45, 7) is 3.81. The number of unbranched alkanes of at least 4 members (excludes halogenated alkanes) is 1. The highest BCUT2D eigenvalue weighted by molar-refractivity contribution is 5.99. The number of hydrogen-bond acceptors (Lipinski definition) is 7. The van der Waals surface area contributed by atoms with Gasteiger partial charge in [0.05, 0.1) is 17.6 Å². The van der Waals surface area contributed by atoms with Gasteiger partial charge in [-0.2, -0.15) is 0 Å². The van der Waals surface area contributed by atoms with E-state index in [1.54, 1.807) is 0 Å². The fourth-order valence-corrected chi connectivity index (χ4v) is 4.91. The first-order valence-corrected chi connectivity index (χ1v) is 11.7. The van der Waals surface area contributed by atoms with Gasteiger partial charge in [-0.3, -0.25) is 19.3 Å². The van der Waals surface area contributed by atoms with Crippen LogP contribution in [0.15, 0.2) is 0 Å². The van der Waals surface area contributed by atoms with Gasteiger partial charge in [-0.15, -0.1) is 0 Å². The normalized spacial score (nSPS) is 29.7. The highest BCUT2D eigenvalue weighted by Gasteiger charge is 2.59. The molecule has 0 radical (unpaired) electrons. The number of ketones is 1. The summed E-state index contributed by atoms with van der Waals surface area (Å²) in [5.74, 6) is -0.570. The van der Waals surface area contributed by atoms with E-state index in [9.17, 15) is 19.2 Å². The molecule has 180 valence electrons. The zero-order valence-electron chi connectivity index (χ0n) is 18.8. The largest absolute Gasteiger partial charge is 0.368 e. The molecule has 1 saturated carbocycles. The van der Waals surface area contributed by atoms with Crippen LogP contribution in [0.5, 0.6) is 0 Å². The van der Waals surface area contributed by atoms with Gasteiger partial charge in [0.15, 0.2) is 5.78 Å². The Morgan fingerprint density at radius 2 is 1.84 bits per heavy atom. The van der Waals surface area contributed by atoms with Crippen molar-refractivity contribution in [2.24, 2.45) is 11.5 Å². The molecule has 0 aromatic heterocycles. The molecular weight excluding hydrogens is 414 g/mol. The smallest absolute Gasteiger partial charge is 0.312 e. The van der Waals surface area contributed by atoms with Gasteiger partial charge in [0.1, 0.15) is 6.04 Å². The van der Waals surface area contributed by atoms with E-state index in [2.05, 4.69) is 33.1 Å². The van der Waals surface area contributed by atoms with Crippen LogP contribution in [-0.4, -0.2) is 84.4 Å². The van der Waals surface area contributed by atoms with Gasteiger partial charge in [0.2, 0.25) is 11.8 Å². The summed E-state index contributed by atoms with van der Waals surface area (Å²) in [6, 6.07) is -1.92. The second-order valence-corrected chi connectivity index (χ2v) is 9.16. The number of rotatable bonds is 11. The van der Waals surface area contributed by atoms with Crippen LogP contribution in [0, 0.1) is 0 Å². The Labute approximate surface area is 188 Å². The molecule has 32 heavy (non-hydrogen) atoms. The number of nitrogens with one attached hydrogen (secondary N) is 4. The molecular formula is C21H37N7O4. The Morgan fingerprint density at radius 1 is 1.09 bits per heavy atom. The third kappa shape index (κ3) is 5.57. The summed E-state index contributed by atoms with van der Waals surface area (Å²) in [7, 11) is 0. The van der Waals surface area contributed by atoms with E-state index < -0.39 is 29.6 Å². The standard InChI is InChI=1S/C21H37N7O4/c1-2-3-6-14-19(31)27-15(11-26-14)17(29)21(7-8-21)28-12-16(18(22)30)25-10-13(28)5-4-9-24-20(23)32/h13-16,25-26H,2-12H2,1H3,(H2,22,30)(H,27,31)(H3,23,24,32)/t13-,14-,15+,16+/m0/s1. The predicted molar refractivity (Wildman–Crippen MR) is 119 cm³/mol. The number of Topliss-reactive ketones (excluding diaryl/α,β-unsaturated/α-hetero) is 1. The lowest BCUT2D eigenvalue weighted by atomic mass is 9.93. The van der Waals surface area contributed by atoms with Crippen molar-refractivity contribution in [2.45, 2.75) is 81.6 Å². The molecule has 2 saturated heterocycles. The van der Waals surface area contributed by atoms with Gasteiger partial charge in [-0.25, -0.2) is 4.79 Å². The molecule has 0 unspecified atom stereocenters. The second kappa shape index (κ2) is 10.6. The van der Waals surface area contributed by atoms with Crippen molar-refractivity contribution in [1.82, 2.24) is 26.2 Å². The zero-order chi connectivity index (χ0) is 23.3. The minimum absolute atomic E-state index is 0.00215. The number of amides is 4. The van der Waals surface area contributed by atoms with E-state index >= 15 is 0 Å². The highest BCUT2D eigenvalue weighted by Crippen LogP contribution is 2.46. The van der Waals surface area contributed by atoms with Crippen LogP contribution in [0.1, 0.15) is 51.9 Å². The molecule has 2 aliphatic heterocycles. The van der Waals surface area contributed by atoms with Crippen LogP contribution >= 0.6 is 0 Å². The minimum Gasteiger partial charge on any atom is -0.368 e. The van der Waals surface area contributed by atoms with Crippen molar-refractivity contribution < 1.29 is 19.2 Å². The highest BCUT2D eigenvalue weighted by atomic mass is 16.2. The van der Waals surface area contributed by atoms with Gasteiger partial charge in [-0.05, 0) is 32.1 Å². The molecule has 3 rings (SSSR count). The maximum atomic E-state index is 13.6. The fourth-order valence-electron chi connectivity index (χ4n) is 4.91. The molecule has 11 nitrogen and oxygen atoms in total. The molecule has 4 atom stereocenters. The lowest BCUT2D eigenvalue weighted by molar-refractivity contribution is -0.137. The number of primary amides is 2.